The highest BCUT2D eigenvalue weighted by molar-refractivity contribution is 5.94. The minimum atomic E-state index is -1.00. The number of rotatable bonds is 7. The molecule has 2 aromatic carbocycles. The van der Waals surface area contributed by atoms with Gasteiger partial charge in [0.25, 0.3) is 0 Å². The number of carbonyl (C=O) groups is 1. The van der Waals surface area contributed by atoms with Crippen molar-refractivity contribution in [3.8, 4) is 11.5 Å². The molecule has 0 aliphatic rings. The van der Waals surface area contributed by atoms with Gasteiger partial charge < -0.3 is 14.8 Å². The molecule has 0 aliphatic heterocycles. The third-order valence-electron chi connectivity index (χ3n) is 4.49. The molecule has 0 spiro atoms. The summed E-state index contributed by atoms with van der Waals surface area (Å²) >= 11 is 0. The molecule has 0 fully saturated rings. The highest BCUT2D eigenvalue weighted by atomic mass is 19.2. The maximum absolute atomic E-state index is 13.3. The van der Waals surface area contributed by atoms with Crippen molar-refractivity contribution in [2.24, 2.45) is 0 Å². The van der Waals surface area contributed by atoms with Crippen LogP contribution in [0.2, 0.25) is 0 Å². The molecule has 0 aromatic heterocycles. The summed E-state index contributed by atoms with van der Waals surface area (Å²) in [6.07, 6.45) is 0. The minimum Gasteiger partial charge on any atom is -0.493 e. The third-order valence-corrected chi connectivity index (χ3v) is 4.49. The van der Waals surface area contributed by atoms with Gasteiger partial charge in [-0.15, -0.1) is 0 Å². The van der Waals surface area contributed by atoms with E-state index in [4.69, 9.17) is 9.47 Å². The van der Waals surface area contributed by atoms with Crippen LogP contribution in [0.4, 0.5) is 14.5 Å². The number of benzene rings is 2. The molecule has 0 saturated heterocycles. The van der Waals surface area contributed by atoms with Crippen LogP contribution in [0.25, 0.3) is 0 Å². The maximum atomic E-state index is 13.3. The monoisotopic (exact) mass is 378 g/mol. The van der Waals surface area contributed by atoms with Crippen molar-refractivity contribution in [1.82, 2.24) is 4.90 Å². The number of carbonyl (C=O) groups excluding carboxylic acids is 1. The second-order valence-corrected chi connectivity index (χ2v) is 6.34. The Morgan fingerprint density at radius 3 is 2.33 bits per heavy atom. The fraction of sp³-hybridized carbons (Fsp3) is 0.350. The van der Waals surface area contributed by atoms with Crippen LogP contribution in [0.15, 0.2) is 30.3 Å². The lowest BCUT2D eigenvalue weighted by Gasteiger charge is -2.25. The number of likely N-dealkylation sites (N-methyl/N-ethyl adjacent to an activating group) is 1. The lowest BCUT2D eigenvalue weighted by atomic mass is 10.1. The van der Waals surface area contributed by atoms with E-state index in [1.165, 1.54) is 6.07 Å². The summed E-state index contributed by atoms with van der Waals surface area (Å²) in [5.41, 5.74) is 2.21. The zero-order valence-electron chi connectivity index (χ0n) is 16.1. The smallest absolute Gasteiger partial charge is 0.241 e. The van der Waals surface area contributed by atoms with Gasteiger partial charge in [-0.1, -0.05) is 0 Å². The lowest BCUT2D eigenvalue weighted by Crippen LogP contribution is -2.39. The molecule has 0 unspecified atom stereocenters. The first-order chi connectivity index (χ1) is 12.8. The van der Waals surface area contributed by atoms with E-state index in [-0.39, 0.29) is 11.6 Å². The zero-order valence-corrected chi connectivity index (χ0v) is 16.1. The van der Waals surface area contributed by atoms with Gasteiger partial charge in [0.15, 0.2) is 23.1 Å². The van der Waals surface area contributed by atoms with E-state index in [0.717, 1.165) is 23.3 Å². The maximum Gasteiger partial charge on any atom is 0.241 e. The number of nitrogens with zero attached hydrogens (tertiary/aromatic N) is 1. The van der Waals surface area contributed by atoms with Crippen molar-refractivity contribution in [2.45, 2.75) is 26.4 Å². The second kappa shape index (κ2) is 8.81. The Morgan fingerprint density at radius 1 is 1.11 bits per heavy atom. The number of methoxy groups -OCH3 is 2. The number of amides is 1. The minimum absolute atomic E-state index is 0.210. The molecule has 1 amide bonds. The van der Waals surface area contributed by atoms with Crippen molar-refractivity contribution < 1.29 is 23.0 Å². The molecule has 146 valence electrons. The Labute approximate surface area is 157 Å². The molecule has 0 bridgehead atoms. The van der Waals surface area contributed by atoms with Crippen LogP contribution < -0.4 is 14.8 Å². The van der Waals surface area contributed by atoms with E-state index in [1.54, 1.807) is 21.1 Å². The number of anilines is 1. The molecule has 27 heavy (non-hydrogen) atoms. The molecule has 7 heteroatoms. The van der Waals surface area contributed by atoms with Crippen molar-refractivity contribution in [3.63, 3.8) is 0 Å². The van der Waals surface area contributed by atoms with E-state index >= 15 is 0 Å². The molecular weight excluding hydrogens is 354 g/mol. The van der Waals surface area contributed by atoms with Crippen LogP contribution in [0, 0.1) is 18.6 Å². The Bertz CT molecular complexity index is 827. The van der Waals surface area contributed by atoms with Crippen molar-refractivity contribution in [3.05, 3.63) is 53.1 Å². The fourth-order valence-electron chi connectivity index (χ4n) is 2.62. The topological polar surface area (TPSA) is 50.8 Å². The summed E-state index contributed by atoms with van der Waals surface area (Å²) in [5.74, 6) is -1.02. The van der Waals surface area contributed by atoms with Gasteiger partial charge in [0.2, 0.25) is 5.91 Å². The van der Waals surface area contributed by atoms with Gasteiger partial charge in [0, 0.05) is 18.3 Å². The van der Waals surface area contributed by atoms with Crippen LogP contribution in [0.1, 0.15) is 18.1 Å². The van der Waals surface area contributed by atoms with Crippen LogP contribution in [0.3, 0.4) is 0 Å². The summed E-state index contributed by atoms with van der Waals surface area (Å²) in [4.78, 5) is 14.3. The predicted molar refractivity (Wildman–Crippen MR) is 100 cm³/mol. The van der Waals surface area contributed by atoms with E-state index in [9.17, 15) is 13.6 Å². The molecule has 1 atom stereocenters. The van der Waals surface area contributed by atoms with Gasteiger partial charge in [0.05, 0.1) is 20.3 Å². The molecule has 0 aliphatic carbocycles. The molecule has 0 radical (unpaired) electrons. The Hall–Kier alpha value is -2.67. The van der Waals surface area contributed by atoms with Crippen LogP contribution >= 0.6 is 0 Å². The number of nitrogens with one attached hydrogen (secondary N) is 1. The summed E-state index contributed by atoms with van der Waals surface area (Å²) in [5, 5.41) is 2.60. The van der Waals surface area contributed by atoms with Crippen molar-refractivity contribution >= 4 is 11.6 Å². The normalized spacial score (nSPS) is 12.0. The van der Waals surface area contributed by atoms with E-state index < -0.39 is 17.7 Å². The van der Waals surface area contributed by atoms with Gasteiger partial charge in [-0.05, 0) is 56.3 Å². The average molecular weight is 378 g/mol. The van der Waals surface area contributed by atoms with E-state index in [2.05, 4.69) is 5.32 Å². The zero-order chi connectivity index (χ0) is 20.1. The standard InChI is InChI=1S/C20H24F2N2O3/c1-12-8-18(26-4)19(27-5)9-14(12)11-24(3)13(2)20(25)23-15-6-7-16(21)17(22)10-15/h6-10,13H,11H2,1-5H3,(H,23,25)/t13-/m1/s1. The first-order valence-corrected chi connectivity index (χ1v) is 8.44. The number of hydrogen-bond donors (Lipinski definition) is 1. The summed E-state index contributed by atoms with van der Waals surface area (Å²) in [6.45, 7) is 4.20. The van der Waals surface area contributed by atoms with Gasteiger partial charge in [-0.3, -0.25) is 9.69 Å². The number of hydrogen-bond acceptors (Lipinski definition) is 4. The van der Waals surface area contributed by atoms with Crippen LogP contribution in [-0.2, 0) is 11.3 Å². The lowest BCUT2D eigenvalue weighted by molar-refractivity contribution is -0.120. The number of halogens is 2. The quantitative estimate of drug-likeness (QED) is 0.797. The Morgan fingerprint density at radius 2 is 1.74 bits per heavy atom. The fourth-order valence-corrected chi connectivity index (χ4v) is 2.62. The largest absolute Gasteiger partial charge is 0.493 e. The Balaban J connectivity index is 2.09. The van der Waals surface area contributed by atoms with E-state index in [1.807, 2.05) is 31.0 Å². The average Bonchev–Trinajstić information content (AvgIpc) is 2.65. The Kier molecular flexibility index (Phi) is 6.74. The summed E-state index contributed by atoms with van der Waals surface area (Å²) in [7, 11) is 4.96. The van der Waals surface area contributed by atoms with E-state index in [0.29, 0.717) is 18.0 Å². The molecular formula is C20H24F2N2O3. The van der Waals surface area contributed by atoms with Gasteiger partial charge in [-0.25, -0.2) is 8.78 Å². The molecule has 2 rings (SSSR count). The molecule has 5 nitrogen and oxygen atoms in total. The summed E-state index contributed by atoms with van der Waals surface area (Å²) < 4.78 is 36.9. The van der Waals surface area contributed by atoms with Gasteiger partial charge >= 0.3 is 0 Å². The van der Waals surface area contributed by atoms with Crippen LogP contribution in [0.5, 0.6) is 11.5 Å². The third kappa shape index (κ3) is 4.95. The highest BCUT2D eigenvalue weighted by Crippen LogP contribution is 2.31. The van der Waals surface area contributed by atoms with Crippen molar-refractivity contribution in [1.29, 1.82) is 0 Å². The van der Waals surface area contributed by atoms with Gasteiger partial charge in [-0.2, -0.15) is 0 Å². The number of aryl methyl sites for hydroxylation is 1. The van der Waals surface area contributed by atoms with Gasteiger partial charge in [0.1, 0.15) is 0 Å². The summed E-state index contributed by atoms with van der Waals surface area (Å²) in [6, 6.07) is 6.52. The first-order valence-electron chi connectivity index (χ1n) is 8.44. The molecule has 0 saturated carbocycles. The SMILES string of the molecule is COc1cc(C)c(CN(C)[C@H](C)C(=O)Nc2ccc(F)c(F)c2)cc1OC. The number of ether oxygens (including phenoxy) is 2. The highest BCUT2D eigenvalue weighted by Gasteiger charge is 2.20. The second-order valence-electron chi connectivity index (χ2n) is 6.34. The molecule has 1 N–H and O–H groups in total. The molecule has 2 aromatic rings. The van der Waals surface area contributed by atoms with Crippen LogP contribution in [-0.4, -0.2) is 38.1 Å². The first kappa shape index (κ1) is 20.6. The molecule has 0 heterocycles. The predicted octanol–water partition coefficient (Wildman–Crippen LogP) is 3.75. The van der Waals surface area contributed by atoms with Crippen molar-refractivity contribution in [2.75, 3.05) is 26.6 Å².